The summed E-state index contributed by atoms with van der Waals surface area (Å²) < 4.78 is 66.2. The summed E-state index contributed by atoms with van der Waals surface area (Å²) in [5.74, 6) is -0.115. The summed E-state index contributed by atoms with van der Waals surface area (Å²) in [5.41, 5.74) is 0.0210. The molecule has 1 fully saturated rings. The molecule has 0 spiro atoms. The molecular weight excluding hydrogens is 470 g/mol. The zero-order valence-corrected chi connectivity index (χ0v) is 20.3. The van der Waals surface area contributed by atoms with Crippen molar-refractivity contribution in [3.05, 3.63) is 42.0 Å². The van der Waals surface area contributed by atoms with Gasteiger partial charge in [0.2, 0.25) is 10.0 Å². The lowest BCUT2D eigenvalue weighted by Gasteiger charge is -2.18. The molecule has 10 nitrogen and oxygen atoms in total. The van der Waals surface area contributed by atoms with Crippen LogP contribution in [-0.4, -0.2) is 60.9 Å². The van der Waals surface area contributed by atoms with Crippen LogP contribution in [0.1, 0.15) is 30.1 Å². The van der Waals surface area contributed by atoms with Gasteiger partial charge >= 0.3 is 0 Å². The van der Waals surface area contributed by atoms with E-state index in [1.165, 1.54) is 54.9 Å². The summed E-state index contributed by atoms with van der Waals surface area (Å²) in [7, 11) is -5.24. The molecule has 2 N–H and O–H groups in total. The lowest BCUT2D eigenvalue weighted by atomic mass is 10.2. The van der Waals surface area contributed by atoms with E-state index in [-0.39, 0.29) is 32.5 Å². The van der Waals surface area contributed by atoms with Crippen molar-refractivity contribution in [2.24, 2.45) is 0 Å². The molecule has 0 radical (unpaired) electrons. The van der Waals surface area contributed by atoms with Gasteiger partial charge in [-0.1, -0.05) is 0 Å². The van der Waals surface area contributed by atoms with Crippen molar-refractivity contribution in [3.63, 3.8) is 0 Å². The summed E-state index contributed by atoms with van der Waals surface area (Å²) in [4.78, 5) is 12.1. The minimum atomic E-state index is -4.20. The van der Waals surface area contributed by atoms with Crippen LogP contribution in [0.4, 0.5) is 5.69 Å². The SMILES string of the molecule is CCNC(=O)c1cc(S(=O)(=O)Nc2cc(S(=O)(=O)N3CCCC3)ccc2OC)ccc1OC. The molecule has 0 aliphatic carbocycles. The molecule has 0 saturated carbocycles. The maximum atomic E-state index is 13.1. The number of benzene rings is 2. The van der Waals surface area contributed by atoms with E-state index in [2.05, 4.69) is 10.0 Å². The van der Waals surface area contributed by atoms with Gasteiger partial charge in [-0.25, -0.2) is 16.8 Å². The van der Waals surface area contributed by atoms with Gasteiger partial charge in [0.05, 0.1) is 35.3 Å². The van der Waals surface area contributed by atoms with E-state index in [9.17, 15) is 21.6 Å². The average Bonchev–Trinajstić information content (AvgIpc) is 3.34. The van der Waals surface area contributed by atoms with Crippen molar-refractivity contribution in [2.75, 3.05) is 38.6 Å². The Labute approximate surface area is 194 Å². The molecule has 180 valence electrons. The summed E-state index contributed by atoms with van der Waals surface area (Å²) in [5, 5.41) is 2.61. The second kappa shape index (κ2) is 9.98. The van der Waals surface area contributed by atoms with Crippen LogP contribution in [0.5, 0.6) is 11.5 Å². The molecule has 0 bridgehead atoms. The molecule has 12 heteroatoms. The second-order valence-corrected chi connectivity index (χ2v) is 10.9. The van der Waals surface area contributed by atoms with Crippen LogP contribution >= 0.6 is 0 Å². The van der Waals surface area contributed by atoms with Gasteiger partial charge in [-0.2, -0.15) is 4.31 Å². The third kappa shape index (κ3) is 5.23. The van der Waals surface area contributed by atoms with E-state index < -0.39 is 26.0 Å². The van der Waals surface area contributed by atoms with Crippen molar-refractivity contribution < 1.29 is 31.1 Å². The fourth-order valence-electron chi connectivity index (χ4n) is 3.50. The van der Waals surface area contributed by atoms with E-state index in [1.807, 2.05) is 0 Å². The van der Waals surface area contributed by atoms with Crippen molar-refractivity contribution in [2.45, 2.75) is 29.6 Å². The first-order chi connectivity index (χ1) is 15.6. The molecule has 3 rings (SSSR count). The first-order valence-electron chi connectivity index (χ1n) is 10.3. The average molecular weight is 498 g/mol. The number of carbonyl (C=O) groups excluding carboxylic acids is 1. The number of methoxy groups -OCH3 is 2. The van der Waals surface area contributed by atoms with Crippen LogP contribution < -0.4 is 19.5 Å². The fraction of sp³-hybridized carbons (Fsp3) is 0.381. The Bertz CT molecular complexity index is 1240. The fourth-order valence-corrected chi connectivity index (χ4v) is 6.13. The quantitative estimate of drug-likeness (QED) is 0.542. The van der Waals surface area contributed by atoms with Gasteiger partial charge in [0.15, 0.2) is 0 Å². The Balaban J connectivity index is 2.00. The van der Waals surface area contributed by atoms with Crippen molar-refractivity contribution in [1.29, 1.82) is 0 Å². The van der Waals surface area contributed by atoms with Crippen molar-refractivity contribution >= 4 is 31.6 Å². The van der Waals surface area contributed by atoms with Crippen LogP contribution in [0.25, 0.3) is 0 Å². The van der Waals surface area contributed by atoms with Crippen molar-refractivity contribution in [3.8, 4) is 11.5 Å². The Morgan fingerprint density at radius 3 is 2.15 bits per heavy atom. The smallest absolute Gasteiger partial charge is 0.262 e. The van der Waals surface area contributed by atoms with Crippen LogP contribution in [0.15, 0.2) is 46.2 Å². The van der Waals surface area contributed by atoms with Crippen LogP contribution in [0.3, 0.4) is 0 Å². The number of hydrogen-bond donors (Lipinski definition) is 2. The summed E-state index contributed by atoms with van der Waals surface area (Å²) in [6.07, 6.45) is 1.56. The van der Waals surface area contributed by atoms with Gasteiger partial charge in [0, 0.05) is 19.6 Å². The molecule has 0 unspecified atom stereocenters. The minimum Gasteiger partial charge on any atom is -0.496 e. The molecular formula is C21H27N3O7S2. The Kier molecular flexibility index (Phi) is 7.50. The highest BCUT2D eigenvalue weighted by atomic mass is 32.2. The standard InChI is InChI=1S/C21H27N3O7S2/c1-4-22-21(25)17-13-15(7-9-19(17)30-2)32(26,27)23-18-14-16(8-10-20(18)31-3)33(28,29)24-11-5-6-12-24/h7-10,13-14,23H,4-6,11-12H2,1-3H3,(H,22,25). The summed E-state index contributed by atoms with van der Waals surface area (Å²) in [6.45, 7) is 2.93. The summed E-state index contributed by atoms with van der Waals surface area (Å²) in [6, 6.07) is 7.88. The van der Waals surface area contributed by atoms with E-state index >= 15 is 0 Å². The third-order valence-electron chi connectivity index (χ3n) is 5.18. The number of ether oxygens (including phenoxy) is 2. The van der Waals surface area contributed by atoms with Gasteiger partial charge in [0.25, 0.3) is 15.9 Å². The maximum absolute atomic E-state index is 13.1. The normalized spacial score (nSPS) is 14.6. The molecule has 2 aromatic carbocycles. The zero-order valence-electron chi connectivity index (χ0n) is 18.6. The number of nitrogens with zero attached hydrogens (tertiary/aromatic N) is 1. The highest BCUT2D eigenvalue weighted by molar-refractivity contribution is 7.92. The zero-order chi connectivity index (χ0) is 24.2. The number of hydrogen-bond acceptors (Lipinski definition) is 7. The van der Waals surface area contributed by atoms with E-state index in [1.54, 1.807) is 6.92 Å². The van der Waals surface area contributed by atoms with Gasteiger partial charge in [0.1, 0.15) is 11.5 Å². The first-order valence-corrected chi connectivity index (χ1v) is 13.2. The molecule has 2 aromatic rings. The molecule has 0 atom stereocenters. The van der Waals surface area contributed by atoms with E-state index in [0.717, 1.165) is 12.8 Å². The first kappa shape index (κ1) is 24.8. The Hall–Kier alpha value is -2.83. The van der Waals surface area contributed by atoms with Gasteiger partial charge < -0.3 is 14.8 Å². The predicted molar refractivity (Wildman–Crippen MR) is 123 cm³/mol. The van der Waals surface area contributed by atoms with Gasteiger partial charge in [-0.15, -0.1) is 0 Å². The second-order valence-electron chi connectivity index (χ2n) is 7.30. The summed E-state index contributed by atoms with van der Waals surface area (Å²) >= 11 is 0. The molecule has 1 aliphatic rings. The third-order valence-corrected chi connectivity index (χ3v) is 8.44. The molecule has 1 aliphatic heterocycles. The number of anilines is 1. The van der Waals surface area contributed by atoms with Crippen LogP contribution in [0, 0.1) is 0 Å². The number of amides is 1. The van der Waals surface area contributed by atoms with Gasteiger partial charge in [-0.05, 0) is 56.2 Å². The lowest BCUT2D eigenvalue weighted by molar-refractivity contribution is 0.0952. The highest BCUT2D eigenvalue weighted by Crippen LogP contribution is 2.32. The Morgan fingerprint density at radius 1 is 0.939 bits per heavy atom. The number of nitrogens with one attached hydrogen (secondary N) is 2. The Morgan fingerprint density at radius 2 is 1.55 bits per heavy atom. The molecule has 0 aromatic heterocycles. The highest BCUT2D eigenvalue weighted by Gasteiger charge is 2.29. The lowest BCUT2D eigenvalue weighted by Crippen LogP contribution is -2.28. The van der Waals surface area contributed by atoms with Crippen LogP contribution in [-0.2, 0) is 20.0 Å². The topological polar surface area (TPSA) is 131 Å². The maximum Gasteiger partial charge on any atom is 0.262 e. The number of carbonyl (C=O) groups is 1. The number of sulfonamides is 2. The number of rotatable bonds is 9. The molecule has 1 saturated heterocycles. The van der Waals surface area contributed by atoms with Crippen LogP contribution in [0.2, 0.25) is 0 Å². The minimum absolute atomic E-state index is 0.0341. The van der Waals surface area contributed by atoms with Gasteiger partial charge in [-0.3, -0.25) is 9.52 Å². The predicted octanol–water partition coefficient (Wildman–Crippen LogP) is 2.04. The molecule has 1 heterocycles. The van der Waals surface area contributed by atoms with Crippen molar-refractivity contribution in [1.82, 2.24) is 9.62 Å². The molecule has 33 heavy (non-hydrogen) atoms. The van der Waals surface area contributed by atoms with E-state index in [0.29, 0.717) is 19.6 Å². The van der Waals surface area contributed by atoms with E-state index in [4.69, 9.17) is 9.47 Å². The monoisotopic (exact) mass is 497 g/mol. The molecule has 1 amide bonds. The largest absolute Gasteiger partial charge is 0.496 e.